The minimum absolute atomic E-state index is 0.0769. The van der Waals surface area contributed by atoms with E-state index >= 15 is 0 Å². The van der Waals surface area contributed by atoms with Gasteiger partial charge in [0.1, 0.15) is 11.6 Å². The summed E-state index contributed by atoms with van der Waals surface area (Å²) >= 11 is 0. The van der Waals surface area contributed by atoms with E-state index in [2.05, 4.69) is 5.32 Å². The highest BCUT2D eigenvalue weighted by Crippen LogP contribution is 2.18. The molecule has 0 spiro atoms. The van der Waals surface area contributed by atoms with Crippen molar-refractivity contribution in [2.75, 3.05) is 13.2 Å². The van der Waals surface area contributed by atoms with E-state index in [1.54, 1.807) is 0 Å². The quantitative estimate of drug-likeness (QED) is 0.878. The van der Waals surface area contributed by atoms with Gasteiger partial charge < -0.3 is 10.1 Å². The highest BCUT2D eigenvalue weighted by molar-refractivity contribution is 5.21. The molecule has 2 nitrogen and oxygen atoms in total. The summed E-state index contributed by atoms with van der Waals surface area (Å²) in [6, 6.07) is 3.81. The van der Waals surface area contributed by atoms with Crippen molar-refractivity contribution in [1.82, 2.24) is 5.32 Å². The van der Waals surface area contributed by atoms with Crippen LogP contribution in [0.3, 0.4) is 0 Å². The fraction of sp³-hybridized carbons (Fsp3) is 0.538. The lowest BCUT2D eigenvalue weighted by atomic mass is 10.0. The molecule has 1 aliphatic rings. The van der Waals surface area contributed by atoms with Crippen LogP contribution < -0.4 is 5.32 Å². The summed E-state index contributed by atoms with van der Waals surface area (Å²) in [5.74, 6) is -1.07. The van der Waals surface area contributed by atoms with Crippen LogP contribution in [0.2, 0.25) is 0 Å². The van der Waals surface area contributed by atoms with Gasteiger partial charge in [0.2, 0.25) is 0 Å². The van der Waals surface area contributed by atoms with Crippen molar-refractivity contribution in [3.05, 3.63) is 35.4 Å². The summed E-state index contributed by atoms with van der Waals surface area (Å²) in [5.41, 5.74) is 0.632. The van der Waals surface area contributed by atoms with Crippen molar-refractivity contribution < 1.29 is 13.5 Å². The van der Waals surface area contributed by atoms with E-state index in [0.717, 1.165) is 25.5 Å². The van der Waals surface area contributed by atoms with E-state index in [1.165, 1.54) is 12.1 Å². The monoisotopic (exact) mass is 241 g/mol. The molecular weight excluding hydrogens is 224 g/mol. The zero-order chi connectivity index (χ0) is 12.3. The number of halogens is 2. The fourth-order valence-corrected chi connectivity index (χ4v) is 2.15. The SMILES string of the molecule is CC(NC1CCCOC1)c1cc(F)cc(F)c1. The molecule has 94 valence electrons. The van der Waals surface area contributed by atoms with Gasteiger partial charge in [-0.1, -0.05) is 0 Å². The lowest BCUT2D eigenvalue weighted by Crippen LogP contribution is -2.38. The number of rotatable bonds is 3. The van der Waals surface area contributed by atoms with Gasteiger partial charge in [0.05, 0.1) is 6.61 Å². The highest BCUT2D eigenvalue weighted by atomic mass is 19.1. The molecule has 0 bridgehead atoms. The van der Waals surface area contributed by atoms with Crippen molar-refractivity contribution in [2.24, 2.45) is 0 Å². The largest absolute Gasteiger partial charge is 0.380 e. The molecule has 1 N–H and O–H groups in total. The molecule has 0 aliphatic carbocycles. The third kappa shape index (κ3) is 3.48. The Morgan fingerprint density at radius 1 is 1.29 bits per heavy atom. The predicted molar refractivity (Wildman–Crippen MR) is 61.7 cm³/mol. The van der Waals surface area contributed by atoms with Gasteiger partial charge in [-0.05, 0) is 37.5 Å². The Morgan fingerprint density at radius 2 is 2.00 bits per heavy atom. The molecule has 1 saturated heterocycles. The molecule has 2 atom stereocenters. The molecule has 1 aromatic carbocycles. The molecule has 1 fully saturated rings. The van der Waals surface area contributed by atoms with Gasteiger partial charge in [-0.3, -0.25) is 0 Å². The zero-order valence-corrected chi connectivity index (χ0v) is 9.88. The summed E-state index contributed by atoms with van der Waals surface area (Å²) in [4.78, 5) is 0. The Kier molecular flexibility index (Phi) is 4.07. The normalized spacial score (nSPS) is 22.4. The van der Waals surface area contributed by atoms with Crippen molar-refractivity contribution >= 4 is 0 Å². The topological polar surface area (TPSA) is 21.3 Å². The molecule has 2 unspecified atom stereocenters. The second kappa shape index (κ2) is 5.56. The molecule has 0 saturated carbocycles. The van der Waals surface area contributed by atoms with Crippen LogP contribution >= 0.6 is 0 Å². The highest BCUT2D eigenvalue weighted by Gasteiger charge is 2.17. The van der Waals surface area contributed by atoms with E-state index in [4.69, 9.17) is 4.74 Å². The van der Waals surface area contributed by atoms with Gasteiger partial charge in [0.25, 0.3) is 0 Å². The number of hydrogen-bond acceptors (Lipinski definition) is 2. The minimum Gasteiger partial charge on any atom is -0.380 e. The maximum Gasteiger partial charge on any atom is 0.126 e. The molecule has 0 radical (unpaired) electrons. The van der Waals surface area contributed by atoms with Crippen molar-refractivity contribution in [3.8, 4) is 0 Å². The molecule has 1 aromatic rings. The van der Waals surface area contributed by atoms with Crippen LogP contribution in [0.4, 0.5) is 8.78 Å². The average Bonchev–Trinajstić information content (AvgIpc) is 2.29. The third-order valence-electron chi connectivity index (χ3n) is 3.03. The summed E-state index contributed by atoms with van der Waals surface area (Å²) in [6.07, 6.45) is 2.07. The van der Waals surface area contributed by atoms with Gasteiger partial charge >= 0.3 is 0 Å². The summed E-state index contributed by atoms with van der Waals surface area (Å²) < 4.78 is 31.5. The Morgan fingerprint density at radius 3 is 2.59 bits per heavy atom. The number of ether oxygens (including phenoxy) is 1. The lowest BCUT2D eigenvalue weighted by molar-refractivity contribution is 0.0670. The van der Waals surface area contributed by atoms with Crippen molar-refractivity contribution in [1.29, 1.82) is 0 Å². The van der Waals surface area contributed by atoms with Gasteiger partial charge in [0, 0.05) is 24.8 Å². The van der Waals surface area contributed by atoms with Crippen molar-refractivity contribution in [3.63, 3.8) is 0 Å². The summed E-state index contributed by atoms with van der Waals surface area (Å²) in [6.45, 7) is 3.38. The first-order valence-corrected chi connectivity index (χ1v) is 5.95. The first kappa shape index (κ1) is 12.5. The molecule has 17 heavy (non-hydrogen) atoms. The van der Waals surface area contributed by atoms with Crippen molar-refractivity contribution in [2.45, 2.75) is 31.8 Å². The number of hydrogen-bond donors (Lipinski definition) is 1. The molecule has 0 amide bonds. The van der Waals surface area contributed by atoms with Crippen LogP contribution in [-0.4, -0.2) is 19.3 Å². The maximum absolute atomic E-state index is 13.1. The molecule has 1 heterocycles. The Labute approximate surface area is 100.0 Å². The zero-order valence-electron chi connectivity index (χ0n) is 9.88. The van der Waals surface area contributed by atoms with Gasteiger partial charge in [0.15, 0.2) is 0 Å². The smallest absolute Gasteiger partial charge is 0.126 e. The first-order valence-electron chi connectivity index (χ1n) is 5.95. The first-order chi connectivity index (χ1) is 8.15. The third-order valence-corrected chi connectivity index (χ3v) is 3.03. The standard InChI is InChI=1S/C13H17F2NO/c1-9(16-13-3-2-4-17-8-13)10-5-11(14)7-12(15)6-10/h5-7,9,13,16H,2-4,8H2,1H3. The van der Waals surface area contributed by atoms with E-state index in [1.807, 2.05) is 6.92 Å². The Balaban J connectivity index is 2.00. The maximum atomic E-state index is 13.1. The van der Waals surface area contributed by atoms with Crippen LogP contribution in [-0.2, 0) is 4.74 Å². The lowest BCUT2D eigenvalue weighted by Gasteiger charge is -2.27. The van der Waals surface area contributed by atoms with E-state index in [-0.39, 0.29) is 12.1 Å². The van der Waals surface area contributed by atoms with Gasteiger partial charge in [-0.2, -0.15) is 0 Å². The van der Waals surface area contributed by atoms with E-state index in [9.17, 15) is 8.78 Å². The van der Waals surface area contributed by atoms with Crippen LogP contribution in [0.25, 0.3) is 0 Å². The van der Waals surface area contributed by atoms with Crippen LogP contribution in [0.1, 0.15) is 31.4 Å². The molecule has 2 rings (SSSR count). The number of nitrogens with one attached hydrogen (secondary N) is 1. The Hall–Kier alpha value is -1.00. The second-order valence-corrected chi connectivity index (χ2v) is 4.51. The van der Waals surface area contributed by atoms with E-state index < -0.39 is 11.6 Å². The minimum atomic E-state index is -0.534. The van der Waals surface area contributed by atoms with E-state index in [0.29, 0.717) is 12.2 Å². The molecular formula is C13H17F2NO. The Bertz CT molecular complexity index is 357. The van der Waals surface area contributed by atoms with Crippen LogP contribution in [0.15, 0.2) is 18.2 Å². The van der Waals surface area contributed by atoms with Crippen LogP contribution in [0.5, 0.6) is 0 Å². The molecule has 1 aliphatic heterocycles. The summed E-state index contributed by atoms with van der Waals surface area (Å²) in [5, 5.41) is 3.33. The van der Waals surface area contributed by atoms with Gasteiger partial charge in [-0.25, -0.2) is 8.78 Å². The summed E-state index contributed by atoms with van der Waals surface area (Å²) in [7, 11) is 0. The second-order valence-electron chi connectivity index (χ2n) is 4.51. The number of benzene rings is 1. The average molecular weight is 241 g/mol. The van der Waals surface area contributed by atoms with Crippen LogP contribution in [0, 0.1) is 11.6 Å². The van der Waals surface area contributed by atoms with Gasteiger partial charge in [-0.15, -0.1) is 0 Å². The fourth-order valence-electron chi connectivity index (χ4n) is 2.15. The molecule has 4 heteroatoms. The predicted octanol–water partition coefficient (Wildman–Crippen LogP) is 2.79. The molecule has 0 aromatic heterocycles.